The largest absolute Gasteiger partial charge is 0.245 e. The van der Waals surface area contributed by atoms with E-state index in [4.69, 9.17) is 0 Å². The lowest BCUT2D eigenvalue weighted by atomic mass is 10.3. The Bertz CT molecular complexity index is 637. The zero-order valence-electron chi connectivity index (χ0n) is 17.4. The van der Waals surface area contributed by atoms with Crippen LogP contribution in [0.1, 0.15) is 55.4 Å². The number of rotatable bonds is 0. The highest BCUT2D eigenvalue weighted by Gasteiger charge is 1.91. The van der Waals surface area contributed by atoms with E-state index in [-0.39, 0.29) is 0 Å². The van der Waals surface area contributed by atoms with Gasteiger partial charge in [0.05, 0.1) is 27.5 Å². The van der Waals surface area contributed by atoms with Crippen molar-refractivity contribution in [3.05, 3.63) is 54.0 Å². The highest BCUT2D eigenvalue weighted by atomic mass is 32.1. The summed E-state index contributed by atoms with van der Waals surface area (Å²) >= 11 is 2.93. The molecule has 144 valence electrons. The molecule has 2 aromatic carbocycles. The van der Waals surface area contributed by atoms with Crippen LogP contribution in [0, 0.1) is 0 Å². The number of aromatic nitrogens is 3. The van der Waals surface area contributed by atoms with Crippen LogP contribution in [0.25, 0.3) is 21.3 Å². The van der Waals surface area contributed by atoms with E-state index >= 15 is 0 Å². The van der Waals surface area contributed by atoms with Crippen molar-refractivity contribution in [2.24, 2.45) is 0 Å². The zero-order chi connectivity index (χ0) is 20.2. The minimum atomic E-state index is 0.988. The fourth-order valence-corrected chi connectivity index (χ4v) is 2.73. The molecule has 0 radical (unpaired) electrons. The van der Waals surface area contributed by atoms with Gasteiger partial charge in [-0.05, 0) is 24.3 Å². The van der Waals surface area contributed by atoms with Crippen molar-refractivity contribution in [2.75, 3.05) is 0 Å². The van der Waals surface area contributed by atoms with Gasteiger partial charge >= 0.3 is 0 Å². The Labute approximate surface area is 167 Å². The van der Waals surface area contributed by atoms with Crippen molar-refractivity contribution in [1.29, 1.82) is 0 Å². The maximum absolute atomic E-state index is 4.14. The highest BCUT2D eigenvalue weighted by molar-refractivity contribution is 7.16. The summed E-state index contributed by atoms with van der Waals surface area (Å²) in [5, 5.41) is 0. The molecular formula is C21H33N3S2. The molecule has 0 amide bonds. The lowest BCUT2D eigenvalue weighted by Crippen LogP contribution is -1.63. The average Bonchev–Trinajstić information content (AvgIpc) is 3.44. The smallest absolute Gasteiger partial charge is 0.104 e. The van der Waals surface area contributed by atoms with Crippen molar-refractivity contribution in [3.63, 3.8) is 0 Å². The van der Waals surface area contributed by atoms with Gasteiger partial charge in [-0.25, -0.2) is 4.98 Å². The second kappa shape index (κ2) is 19.5. The van der Waals surface area contributed by atoms with Crippen molar-refractivity contribution in [2.45, 2.75) is 55.4 Å². The van der Waals surface area contributed by atoms with Gasteiger partial charge in [-0.1, -0.05) is 79.7 Å². The Morgan fingerprint density at radius 2 is 1.00 bits per heavy atom. The van der Waals surface area contributed by atoms with Crippen LogP contribution in [0.2, 0.25) is 0 Å². The Balaban J connectivity index is 0. The molecule has 4 aromatic rings. The van der Waals surface area contributed by atoms with E-state index in [1.807, 2.05) is 103 Å². The summed E-state index contributed by atoms with van der Waals surface area (Å²) < 4.78 is 9.36. The molecule has 0 unspecified atom stereocenters. The maximum atomic E-state index is 4.14. The molecule has 3 nitrogen and oxygen atoms in total. The fourth-order valence-electron chi connectivity index (χ4n) is 1.53. The minimum Gasteiger partial charge on any atom is -0.245 e. The summed E-state index contributed by atoms with van der Waals surface area (Å²) in [4.78, 5) is 4.14. The third-order valence-electron chi connectivity index (χ3n) is 2.40. The van der Waals surface area contributed by atoms with Crippen LogP contribution in [-0.2, 0) is 0 Å². The van der Waals surface area contributed by atoms with E-state index in [9.17, 15) is 0 Å². The molecular weight excluding hydrogens is 358 g/mol. The molecule has 0 N–H and O–H groups in total. The van der Waals surface area contributed by atoms with Crippen LogP contribution in [0.3, 0.4) is 0 Å². The Kier molecular flexibility index (Phi) is 19.8. The summed E-state index contributed by atoms with van der Waals surface area (Å²) in [5.74, 6) is 0. The number of hydrogen-bond acceptors (Lipinski definition) is 5. The molecule has 0 fully saturated rings. The van der Waals surface area contributed by atoms with E-state index in [1.54, 1.807) is 11.3 Å². The number of thiazole rings is 1. The molecule has 0 bridgehead atoms. The predicted molar refractivity (Wildman–Crippen MR) is 122 cm³/mol. The van der Waals surface area contributed by atoms with Gasteiger partial charge in [-0.15, -0.1) is 11.3 Å². The molecule has 0 atom stereocenters. The fraction of sp³-hybridized carbons (Fsp3) is 0.381. The average molecular weight is 392 g/mol. The topological polar surface area (TPSA) is 38.7 Å². The standard InChI is InChI=1S/C7H5NS.C6H4N2S.4C2H6/c1-2-4-7-6(3-1)8-5-9-7;1-2-4-6-5(3-1)7-9-8-6;4*1-2/h1-5H;1-4H;4*1-2H3. The second-order valence-corrected chi connectivity index (χ2v) is 4.99. The van der Waals surface area contributed by atoms with Crippen molar-refractivity contribution in [3.8, 4) is 0 Å². The second-order valence-electron chi connectivity index (χ2n) is 3.57. The van der Waals surface area contributed by atoms with E-state index in [2.05, 4.69) is 19.8 Å². The van der Waals surface area contributed by atoms with Crippen LogP contribution in [0.5, 0.6) is 0 Å². The molecule has 0 spiro atoms. The van der Waals surface area contributed by atoms with Gasteiger partial charge in [0.2, 0.25) is 0 Å². The van der Waals surface area contributed by atoms with Gasteiger partial charge in [0.1, 0.15) is 11.0 Å². The van der Waals surface area contributed by atoms with E-state index in [0.717, 1.165) is 16.6 Å². The summed E-state index contributed by atoms with van der Waals surface area (Å²) in [7, 11) is 0. The lowest BCUT2D eigenvalue weighted by molar-refractivity contribution is 1.50. The van der Waals surface area contributed by atoms with Crippen LogP contribution in [0.15, 0.2) is 54.0 Å². The molecule has 0 saturated heterocycles. The third-order valence-corrected chi connectivity index (χ3v) is 3.76. The van der Waals surface area contributed by atoms with Crippen molar-refractivity contribution in [1.82, 2.24) is 13.7 Å². The summed E-state index contributed by atoms with van der Waals surface area (Å²) in [6.45, 7) is 16.0. The third kappa shape index (κ3) is 9.59. The van der Waals surface area contributed by atoms with E-state index in [0.29, 0.717) is 0 Å². The van der Waals surface area contributed by atoms with Gasteiger partial charge < -0.3 is 0 Å². The van der Waals surface area contributed by atoms with Crippen LogP contribution >= 0.6 is 23.1 Å². The first-order valence-corrected chi connectivity index (χ1v) is 11.0. The summed E-state index contributed by atoms with van der Waals surface area (Å²) in [5.41, 5.74) is 4.94. The van der Waals surface area contributed by atoms with Gasteiger partial charge in [0.15, 0.2) is 0 Å². The molecule has 0 aliphatic carbocycles. The molecule has 2 aromatic heterocycles. The Morgan fingerprint density at radius 1 is 0.577 bits per heavy atom. The molecule has 5 heteroatoms. The molecule has 0 aliphatic heterocycles. The molecule has 2 heterocycles. The number of nitrogens with zero attached hydrogens (tertiary/aromatic N) is 3. The van der Waals surface area contributed by atoms with Gasteiger partial charge in [0, 0.05) is 0 Å². The maximum Gasteiger partial charge on any atom is 0.104 e. The Hall–Kier alpha value is -1.85. The monoisotopic (exact) mass is 391 g/mol. The summed E-state index contributed by atoms with van der Waals surface area (Å²) in [6, 6.07) is 16.0. The van der Waals surface area contributed by atoms with Gasteiger partial charge in [0.25, 0.3) is 0 Å². The first-order chi connectivity index (χ1) is 12.9. The number of benzene rings is 2. The highest BCUT2D eigenvalue weighted by Crippen LogP contribution is 2.15. The normalized spacial score (nSPS) is 8.00. The number of para-hydroxylation sites is 1. The first-order valence-electron chi connectivity index (χ1n) is 9.39. The number of hydrogen-bond donors (Lipinski definition) is 0. The number of fused-ring (bicyclic) bond motifs is 2. The SMILES string of the molecule is CC.CC.CC.CC.c1ccc2nsnc2c1.c1ccc2scnc2c1. The summed E-state index contributed by atoms with van der Waals surface area (Å²) in [6.07, 6.45) is 0. The quantitative estimate of drug-likeness (QED) is 0.304. The molecule has 26 heavy (non-hydrogen) atoms. The Morgan fingerprint density at radius 3 is 1.46 bits per heavy atom. The molecule has 0 aliphatic rings. The minimum absolute atomic E-state index is 0.988. The van der Waals surface area contributed by atoms with Gasteiger partial charge in [-0.3, -0.25) is 0 Å². The van der Waals surface area contributed by atoms with Gasteiger partial charge in [-0.2, -0.15) is 8.75 Å². The van der Waals surface area contributed by atoms with E-state index in [1.165, 1.54) is 16.4 Å². The van der Waals surface area contributed by atoms with E-state index < -0.39 is 0 Å². The lowest BCUT2D eigenvalue weighted by Gasteiger charge is -1.80. The molecule has 4 rings (SSSR count). The first kappa shape index (κ1) is 26.4. The zero-order valence-corrected chi connectivity index (χ0v) is 19.0. The van der Waals surface area contributed by atoms with Crippen LogP contribution in [0.4, 0.5) is 0 Å². The van der Waals surface area contributed by atoms with Crippen LogP contribution < -0.4 is 0 Å². The predicted octanol–water partition coefficient (Wildman–Crippen LogP) is 8.09. The molecule has 0 saturated carbocycles. The van der Waals surface area contributed by atoms with Crippen molar-refractivity contribution < 1.29 is 0 Å². The van der Waals surface area contributed by atoms with Crippen molar-refractivity contribution >= 4 is 44.3 Å². The van der Waals surface area contributed by atoms with Crippen LogP contribution in [-0.4, -0.2) is 13.7 Å².